The van der Waals surface area contributed by atoms with E-state index in [4.69, 9.17) is 11.6 Å². The smallest absolute Gasteiger partial charge is 0.178 e. The highest BCUT2D eigenvalue weighted by molar-refractivity contribution is 6.30. The highest BCUT2D eigenvalue weighted by Crippen LogP contribution is 2.24. The van der Waals surface area contributed by atoms with Crippen LogP contribution in [-0.2, 0) is 5.41 Å². The molecule has 0 aliphatic carbocycles. The van der Waals surface area contributed by atoms with Gasteiger partial charge in [-0.3, -0.25) is 0 Å². The number of benzene rings is 1. The first-order chi connectivity index (χ1) is 11.4. The van der Waals surface area contributed by atoms with E-state index < -0.39 is 0 Å². The van der Waals surface area contributed by atoms with Crippen LogP contribution in [0.3, 0.4) is 0 Å². The van der Waals surface area contributed by atoms with Crippen molar-refractivity contribution in [2.24, 2.45) is 0 Å². The van der Waals surface area contributed by atoms with Gasteiger partial charge in [-0.25, -0.2) is 0 Å². The van der Waals surface area contributed by atoms with Crippen LogP contribution in [0.4, 0.5) is 5.82 Å². The Labute approximate surface area is 147 Å². The highest BCUT2D eigenvalue weighted by Gasteiger charge is 2.22. The lowest BCUT2D eigenvalue weighted by Crippen LogP contribution is -2.18. The average Bonchev–Trinajstić information content (AvgIpc) is 2.97. The van der Waals surface area contributed by atoms with Crippen LogP contribution in [0, 0.1) is 0 Å². The lowest BCUT2D eigenvalue weighted by atomic mass is 9.96. The molecule has 0 fully saturated rings. The quantitative estimate of drug-likeness (QED) is 0.749. The Morgan fingerprint density at radius 2 is 1.79 bits per heavy atom. The summed E-state index contributed by atoms with van der Waals surface area (Å²) in [5.74, 6) is 1.65. The second kappa shape index (κ2) is 6.40. The van der Waals surface area contributed by atoms with Crippen LogP contribution in [0.15, 0.2) is 36.4 Å². The van der Waals surface area contributed by atoms with E-state index >= 15 is 0 Å². The minimum atomic E-state index is -0.120. The Bertz CT molecular complexity index is 833. The fourth-order valence-corrected chi connectivity index (χ4v) is 2.75. The van der Waals surface area contributed by atoms with Gasteiger partial charge in [0.1, 0.15) is 5.82 Å². The van der Waals surface area contributed by atoms with E-state index in [0.29, 0.717) is 0 Å². The molecule has 0 bridgehead atoms. The standard InChI is InChI=1S/C18H22ClN5/c1-5-14(12-6-8-13(19)9-7-12)20-15-10-11-16-21-22-17(18(2,3)4)24(16)23-15/h6-11,14H,5H2,1-4H3,(H,20,23). The van der Waals surface area contributed by atoms with Gasteiger partial charge in [0.05, 0.1) is 6.04 Å². The molecule has 2 aromatic heterocycles. The normalized spacial score (nSPS) is 13.2. The summed E-state index contributed by atoms with van der Waals surface area (Å²) in [7, 11) is 0. The van der Waals surface area contributed by atoms with Crippen molar-refractivity contribution in [3.05, 3.63) is 52.8 Å². The van der Waals surface area contributed by atoms with Crippen LogP contribution in [0.25, 0.3) is 5.65 Å². The van der Waals surface area contributed by atoms with E-state index in [1.165, 1.54) is 5.56 Å². The predicted octanol–water partition coefficient (Wildman–Crippen LogP) is 4.64. The van der Waals surface area contributed by atoms with Crippen LogP contribution in [0.1, 0.15) is 51.5 Å². The molecular formula is C18H22ClN5. The zero-order valence-corrected chi connectivity index (χ0v) is 15.2. The molecule has 2 heterocycles. The molecule has 1 N–H and O–H groups in total. The van der Waals surface area contributed by atoms with Crippen LogP contribution >= 0.6 is 11.6 Å². The van der Waals surface area contributed by atoms with Gasteiger partial charge in [-0.2, -0.15) is 4.52 Å². The summed E-state index contributed by atoms with van der Waals surface area (Å²) in [4.78, 5) is 0. The van der Waals surface area contributed by atoms with Crippen LogP contribution in [-0.4, -0.2) is 19.8 Å². The molecule has 0 saturated heterocycles. The lowest BCUT2D eigenvalue weighted by Gasteiger charge is -2.19. The molecule has 3 aromatic rings. The maximum atomic E-state index is 5.98. The van der Waals surface area contributed by atoms with E-state index in [2.05, 4.69) is 48.3 Å². The SMILES string of the molecule is CCC(Nc1ccc2nnc(C(C)(C)C)n2n1)c1ccc(Cl)cc1. The number of rotatable bonds is 4. The molecule has 0 amide bonds. The number of fused-ring (bicyclic) bond motifs is 1. The summed E-state index contributed by atoms with van der Waals surface area (Å²) in [6.45, 7) is 8.46. The van der Waals surface area contributed by atoms with Crippen molar-refractivity contribution in [2.45, 2.75) is 45.6 Å². The Morgan fingerprint density at radius 1 is 1.08 bits per heavy atom. The molecule has 126 valence electrons. The highest BCUT2D eigenvalue weighted by atomic mass is 35.5. The number of hydrogen-bond acceptors (Lipinski definition) is 4. The molecule has 0 saturated carbocycles. The minimum Gasteiger partial charge on any atom is -0.362 e. The van der Waals surface area contributed by atoms with Gasteiger partial charge >= 0.3 is 0 Å². The van der Waals surface area contributed by atoms with E-state index in [1.807, 2.05) is 40.9 Å². The van der Waals surface area contributed by atoms with Crippen molar-refractivity contribution in [1.29, 1.82) is 0 Å². The molecular weight excluding hydrogens is 322 g/mol. The van der Waals surface area contributed by atoms with Crippen molar-refractivity contribution in [3.8, 4) is 0 Å². The molecule has 0 radical (unpaired) electrons. The zero-order chi connectivity index (χ0) is 17.3. The zero-order valence-electron chi connectivity index (χ0n) is 14.4. The average molecular weight is 344 g/mol. The molecule has 6 heteroatoms. The van der Waals surface area contributed by atoms with Gasteiger partial charge in [-0.05, 0) is 36.2 Å². The summed E-state index contributed by atoms with van der Waals surface area (Å²) in [6.07, 6.45) is 0.940. The molecule has 1 unspecified atom stereocenters. The Hall–Kier alpha value is -2.14. The second-order valence-corrected chi connectivity index (χ2v) is 7.36. The van der Waals surface area contributed by atoms with Crippen LogP contribution < -0.4 is 5.32 Å². The lowest BCUT2D eigenvalue weighted by molar-refractivity contribution is 0.526. The summed E-state index contributed by atoms with van der Waals surface area (Å²) in [5.41, 5.74) is 1.82. The number of halogens is 1. The third kappa shape index (κ3) is 3.36. The Kier molecular flexibility index (Phi) is 4.45. The second-order valence-electron chi connectivity index (χ2n) is 6.92. The first-order valence-corrected chi connectivity index (χ1v) is 8.51. The van der Waals surface area contributed by atoms with Gasteiger partial charge in [0.15, 0.2) is 11.5 Å². The van der Waals surface area contributed by atoms with E-state index in [-0.39, 0.29) is 11.5 Å². The van der Waals surface area contributed by atoms with Gasteiger partial charge in [-0.15, -0.1) is 15.3 Å². The van der Waals surface area contributed by atoms with Crippen LogP contribution in [0.5, 0.6) is 0 Å². The van der Waals surface area contributed by atoms with Gasteiger partial charge in [0.25, 0.3) is 0 Å². The first-order valence-electron chi connectivity index (χ1n) is 8.13. The summed E-state index contributed by atoms with van der Waals surface area (Å²) in [5, 5.41) is 17.4. The third-order valence-corrected chi connectivity index (χ3v) is 4.19. The summed E-state index contributed by atoms with van der Waals surface area (Å²) >= 11 is 5.98. The topological polar surface area (TPSA) is 55.1 Å². The molecule has 3 rings (SSSR count). The molecule has 0 aliphatic heterocycles. The van der Waals surface area contributed by atoms with E-state index in [0.717, 1.165) is 28.7 Å². The Balaban J connectivity index is 1.92. The number of aromatic nitrogens is 4. The van der Waals surface area contributed by atoms with Crippen molar-refractivity contribution in [2.75, 3.05) is 5.32 Å². The van der Waals surface area contributed by atoms with Gasteiger partial charge in [-0.1, -0.05) is 51.4 Å². The molecule has 0 aliphatic rings. The molecule has 24 heavy (non-hydrogen) atoms. The molecule has 1 atom stereocenters. The number of nitrogens with zero attached hydrogens (tertiary/aromatic N) is 4. The van der Waals surface area contributed by atoms with Crippen molar-refractivity contribution in [3.63, 3.8) is 0 Å². The van der Waals surface area contributed by atoms with E-state index in [1.54, 1.807) is 0 Å². The van der Waals surface area contributed by atoms with Crippen molar-refractivity contribution in [1.82, 2.24) is 19.8 Å². The fourth-order valence-electron chi connectivity index (χ4n) is 2.63. The van der Waals surface area contributed by atoms with E-state index in [9.17, 15) is 0 Å². The molecule has 0 spiro atoms. The molecule has 1 aromatic carbocycles. The summed E-state index contributed by atoms with van der Waals surface area (Å²) < 4.78 is 1.82. The predicted molar refractivity (Wildman–Crippen MR) is 97.6 cm³/mol. The summed E-state index contributed by atoms with van der Waals surface area (Å²) in [6, 6.07) is 12.0. The van der Waals surface area contributed by atoms with Crippen molar-refractivity contribution < 1.29 is 0 Å². The minimum absolute atomic E-state index is 0.120. The Morgan fingerprint density at radius 3 is 2.42 bits per heavy atom. The van der Waals surface area contributed by atoms with Gasteiger partial charge in [0, 0.05) is 10.4 Å². The fraction of sp³-hybridized carbons (Fsp3) is 0.389. The molecule has 5 nitrogen and oxygen atoms in total. The number of anilines is 1. The van der Waals surface area contributed by atoms with Gasteiger partial charge < -0.3 is 5.32 Å². The maximum Gasteiger partial charge on any atom is 0.178 e. The number of nitrogens with one attached hydrogen (secondary N) is 1. The van der Waals surface area contributed by atoms with Crippen LogP contribution in [0.2, 0.25) is 5.02 Å². The largest absolute Gasteiger partial charge is 0.362 e. The van der Waals surface area contributed by atoms with Crippen molar-refractivity contribution >= 4 is 23.1 Å². The monoisotopic (exact) mass is 343 g/mol. The van der Waals surface area contributed by atoms with Gasteiger partial charge in [0.2, 0.25) is 0 Å². The maximum absolute atomic E-state index is 5.98. The third-order valence-electron chi connectivity index (χ3n) is 3.94. The number of hydrogen-bond donors (Lipinski definition) is 1. The first kappa shape index (κ1) is 16.7.